The highest BCUT2D eigenvalue weighted by molar-refractivity contribution is 5.79. The monoisotopic (exact) mass is 373 g/mol. The van der Waals surface area contributed by atoms with Crippen LogP contribution in [0.4, 0.5) is 4.39 Å². The van der Waals surface area contributed by atoms with Gasteiger partial charge < -0.3 is 10.2 Å². The molecule has 146 valence electrons. The number of carbonyl (C=O) groups is 2. The molecule has 0 bridgehead atoms. The van der Waals surface area contributed by atoms with Crippen LogP contribution >= 0.6 is 0 Å². The van der Waals surface area contributed by atoms with Gasteiger partial charge in [0.2, 0.25) is 11.8 Å². The average molecular weight is 373 g/mol. The summed E-state index contributed by atoms with van der Waals surface area (Å²) in [6.07, 6.45) is 6.39. The summed E-state index contributed by atoms with van der Waals surface area (Å²) >= 11 is 0. The fourth-order valence-corrected chi connectivity index (χ4v) is 4.90. The van der Waals surface area contributed by atoms with Crippen LogP contribution in [0.15, 0.2) is 24.3 Å². The third-order valence-corrected chi connectivity index (χ3v) is 6.30. The molecule has 6 heteroatoms. The van der Waals surface area contributed by atoms with E-state index in [1.807, 2.05) is 17.0 Å². The maximum Gasteiger partial charge on any atom is 0.236 e. The number of nitrogens with zero attached hydrogens (tertiary/aromatic N) is 2. The van der Waals surface area contributed by atoms with Crippen molar-refractivity contribution >= 4 is 11.8 Å². The van der Waals surface area contributed by atoms with E-state index in [1.54, 1.807) is 0 Å². The second kappa shape index (κ2) is 7.97. The summed E-state index contributed by atoms with van der Waals surface area (Å²) in [5, 5.41) is 3.19. The number of nitrogens with one attached hydrogen (secondary N) is 1. The molecule has 1 aromatic carbocycles. The SMILES string of the molecule is O=C1CCCC[C@H]2[C@@H](C[C@@H](c3ccc(F)cc3)N2CC(=O)N2CCCC2)N1. The van der Waals surface area contributed by atoms with Crippen LogP contribution in [0.1, 0.15) is 56.6 Å². The number of hydrogen-bond acceptors (Lipinski definition) is 3. The van der Waals surface area contributed by atoms with Crippen LogP contribution in [0, 0.1) is 5.82 Å². The number of amides is 2. The van der Waals surface area contributed by atoms with Gasteiger partial charge in [-0.05, 0) is 49.8 Å². The van der Waals surface area contributed by atoms with Crippen molar-refractivity contribution in [3.8, 4) is 0 Å². The summed E-state index contributed by atoms with van der Waals surface area (Å²) in [5.41, 5.74) is 1.02. The zero-order chi connectivity index (χ0) is 18.8. The molecule has 1 aromatic rings. The molecule has 3 aliphatic heterocycles. The first-order valence-electron chi connectivity index (χ1n) is 10.2. The molecule has 3 heterocycles. The minimum Gasteiger partial charge on any atom is -0.352 e. The number of fused-ring (bicyclic) bond motifs is 1. The average Bonchev–Trinajstić information content (AvgIpc) is 3.27. The molecule has 0 spiro atoms. The van der Waals surface area contributed by atoms with E-state index in [4.69, 9.17) is 0 Å². The van der Waals surface area contributed by atoms with Crippen LogP contribution in [0.3, 0.4) is 0 Å². The first-order chi connectivity index (χ1) is 13.1. The van der Waals surface area contributed by atoms with Crippen molar-refractivity contribution in [1.82, 2.24) is 15.1 Å². The Morgan fingerprint density at radius 2 is 1.85 bits per heavy atom. The zero-order valence-electron chi connectivity index (χ0n) is 15.7. The Bertz CT molecular complexity index is 687. The standard InChI is InChI=1S/C21H28FN3O2/c22-16-9-7-15(8-10-16)19-13-17-18(5-1-2-6-20(26)23-17)25(19)14-21(27)24-11-3-4-12-24/h7-10,17-19H,1-6,11-14H2,(H,23,26)/t17-,18+,19+/m1/s1. The Balaban J connectivity index is 1.59. The third-order valence-electron chi connectivity index (χ3n) is 6.30. The number of halogens is 1. The second-order valence-corrected chi connectivity index (χ2v) is 8.05. The number of benzene rings is 1. The molecule has 4 rings (SSSR count). The molecule has 3 fully saturated rings. The van der Waals surface area contributed by atoms with Gasteiger partial charge in [-0.25, -0.2) is 4.39 Å². The highest BCUT2D eigenvalue weighted by Gasteiger charge is 2.43. The summed E-state index contributed by atoms with van der Waals surface area (Å²) in [6, 6.07) is 6.84. The molecular weight excluding hydrogens is 345 g/mol. The van der Waals surface area contributed by atoms with Crippen LogP contribution in [0.2, 0.25) is 0 Å². The fourth-order valence-electron chi connectivity index (χ4n) is 4.90. The fraction of sp³-hybridized carbons (Fsp3) is 0.619. The largest absolute Gasteiger partial charge is 0.352 e. The lowest BCUT2D eigenvalue weighted by Gasteiger charge is -2.33. The van der Waals surface area contributed by atoms with Gasteiger partial charge in [0.15, 0.2) is 0 Å². The normalized spacial score (nSPS) is 29.1. The maximum absolute atomic E-state index is 13.4. The van der Waals surface area contributed by atoms with E-state index in [-0.39, 0.29) is 35.8 Å². The summed E-state index contributed by atoms with van der Waals surface area (Å²) in [4.78, 5) is 29.2. The molecule has 3 saturated heterocycles. The van der Waals surface area contributed by atoms with Gasteiger partial charge in [-0.15, -0.1) is 0 Å². The Kier molecular flexibility index (Phi) is 5.43. The molecule has 3 aliphatic rings. The smallest absolute Gasteiger partial charge is 0.236 e. The van der Waals surface area contributed by atoms with Gasteiger partial charge in [-0.2, -0.15) is 0 Å². The molecule has 2 amide bonds. The van der Waals surface area contributed by atoms with E-state index in [1.165, 1.54) is 12.1 Å². The first kappa shape index (κ1) is 18.4. The topological polar surface area (TPSA) is 52.7 Å². The van der Waals surface area contributed by atoms with Gasteiger partial charge in [0.1, 0.15) is 5.82 Å². The second-order valence-electron chi connectivity index (χ2n) is 8.05. The lowest BCUT2D eigenvalue weighted by atomic mass is 9.97. The van der Waals surface area contributed by atoms with Gasteiger partial charge in [0.05, 0.1) is 6.54 Å². The minimum atomic E-state index is -0.254. The molecule has 0 saturated carbocycles. The Labute approximate surface area is 159 Å². The molecule has 0 radical (unpaired) electrons. The molecule has 0 unspecified atom stereocenters. The molecular formula is C21H28FN3O2. The third kappa shape index (κ3) is 4.00. The van der Waals surface area contributed by atoms with E-state index < -0.39 is 0 Å². The van der Waals surface area contributed by atoms with E-state index in [2.05, 4.69) is 10.2 Å². The quantitative estimate of drug-likeness (QED) is 0.886. The highest BCUT2D eigenvalue weighted by atomic mass is 19.1. The van der Waals surface area contributed by atoms with Crippen molar-refractivity contribution in [2.24, 2.45) is 0 Å². The molecule has 0 aliphatic carbocycles. The lowest BCUT2D eigenvalue weighted by Crippen LogP contribution is -2.48. The molecule has 27 heavy (non-hydrogen) atoms. The number of likely N-dealkylation sites (tertiary alicyclic amines) is 2. The van der Waals surface area contributed by atoms with Gasteiger partial charge in [-0.1, -0.05) is 18.6 Å². The van der Waals surface area contributed by atoms with Crippen molar-refractivity contribution in [2.45, 2.75) is 63.1 Å². The van der Waals surface area contributed by atoms with Crippen molar-refractivity contribution in [2.75, 3.05) is 19.6 Å². The van der Waals surface area contributed by atoms with Crippen molar-refractivity contribution in [1.29, 1.82) is 0 Å². The minimum absolute atomic E-state index is 0.0329. The highest BCUT2D eigenvalue weighted by Crippen LogP contribution is 2.39. The van der Waals surface area contributed by atoms with E-state index in [9.17, 15) is 14.0 Å². The number of hydrogen-bond donors (Lipinski definition) is 1. The molecule has 3 atom stereocenters. The van der Waals surface area contributed by atoms with Crippen molar-refractivity contribution < 1.29 is 14.0 Å². The van der Waals surface area contributed by atoms with Crippen LogP contribution in [0.25, 0.3) is 0 Å². The van der Waals surface area contributed by atoms with Crippen molar-refractivity contribution in [3.05, 3.63) is 35.6 Å². The molecule has 1 N–H and O–H groups in total. The van der Waals surface area contributed by atoms with Gasteiger partial charge in [-0.3, -0.25) is 14.5 Å². The predicted molar refractivity (Wildman–Crippen MR) is 100 cm³/mol. The van der Waals surface area contributed by atoms with E-state index in [0.29, 0.717) is 13.0 Å². The predicted octanol–water partition coefficient (Wildman–Crippen LogP) is 2.62. The molecule has 0 aromatic heterocycles. The Morgan fingerprint density at radius 1 is 1.11 bits per heavy atom. The van der Waals surface area contributed by atoms with E-state index >= 15 is 0 Å². The van der Waals surface area contributed by atoms with Crippen LogP contribution in [0.5, 0.6) is 0 Å². The van der Waals surface area contributed by atoms with Crippen LogP contribution in [-0.2, 0) is 9.59 Å². The van der Waals surface area contributed by atoms with Gasteiger partial charge >= 0.3 is 0 Å². The summed E-state index contributed by atoms with van der Waals surface area (Å²) in [7, 11) is 0. The van der Waals surface area contributed by atoms with Gasteiger partial charge in [0, 0.05) is 37.6 Å². The molecule has 5 nitrogen and oxygen atoms in total. The number of carbonyl (C=O) groups excluding carboxylic acids is 2. The van der Waals surface area contributed by atoms with E-state index in [0.717, 1.165) is 57.2 Å². The Hall–Kier alpha value is -1.95. The maximum atomic E-state index is 13.4. The first-order valence-corrected chi connectivity index (χ1v) is 10.2. The zero-order valence-corrected chi connectivity index (χ0v) is 15.7. The summed E-state index contributed by atoms with van der Waals surface area (Å²) in [5.74, 6) is 0.0275. The van der Waals surface area contributed by atoms with Crippen LogP contribution in [-0.4, -0.2) is 53.3 Å². The van der Waals surface area contributed by atoms with Crippen LogP contribution < -0.4 is 5.32 Å². The number of rotatable bonds is 3. The summed E-state index contributed by atoms with van der Waals surface area (Å²) in [6.45, 7) is 2.07. The Morgan fingerprint density at radius 3 is 2.59 bits per heavy atom. The van der Waals surface area contributed by atoms with Crippen molar-refractivity contribution in [3.63, 3.8) is 0 Å². The van der Waals surface area contributed by atoms with Gasteiger partial charge in [0.25, 0.3) is 0 Å². The lowest BCUT2D eigenvalue weighted by molar-refractivity contribution is -0.132. The summed E-state index contributed by atoms with van der Waals surface area (Å²) < 4.78 is 13.4.